The quantitative estimate of drug-likeness (QED) is 0.721. The lowest BCUT2D eigenvalue weighted by Crippen LogP contribution is -2.32. The molecule has 1 aliphatic rings. The molecule has 0 spiro atoms. The maximum atomic E-state index is 12.2. The Morgan fingerprint density at radius 2 is 2.04 bits per heavy atom. The number of rotatable bonds is 4. The lowest BCUT2D eigenvalue weighted by Gasteiger charge is -2.07. The molecule has 3 heterocycles. The van der Waals surface area contributed by atoms with E-state index in [2.05, 4.69) is 20.7 Å². The van der Waals surface area contributed by atoms with Crippen molar-refractivity contribution < 1.29 is 19.1 Å². The van der Waals surface area contributed by atoms with Gasteiger partial charge in [-0.25, -0.2) is 4.98 Å². The van der Waals surface area contributed by atoms with Crippen LogP contribution in [0.1, 0.15) is 16.1 Å². The summed E-state index contributed by atoms with van der Waals surface area (Å²) < 4.78 is 12.1. The zero-order chi connectivity index (χ0) is 19.0. The van der Waals surface area contributed by atoms with Crippen LogP contribution in [0.2, 0.25) is 0 Å². The van der Waals surface area contributed by atoms with Crippen LogP contribution in [0.4, 0.5) is 5.69 Å². The Hall–Kier alpha value is -3.62. The highest BCUT2D eigenvalue weighted by Crippen LogP contribution is 2.32. The number of hydrogen-bond acceptors (Lipinski definition) is 6. The number of aryl methyl sites for hydroxylation is 2. The molecule has 2 amide bonds. The van der Waals surface area contributed by atoms with Gasteiger partial charge in [0.15, 0.2) is 17.1 Å². The van der Waals surface area contributed by atoms with Crippen LogP contribution in [0.25, 0.3) is 11.0 Å². The molecule has 1 aliphatic heterocycles. The van der Waals surface area contributed by atoms with Gasteiger partial charge in [-0.1, -0.05) is 0 Å². The van der Waals surface area contributed by atoms with Crippen LogP contribution in [-0.4, -0.2) is 39.9 Å². The number of nitrogens with zero attached hydrogens (tertiary/aromatic N) is 3. The molecular formula is C18H17N5O4. The van der Waals surface area contributed by atoms with Gasteiger partial charge in [-0.2, -0.15) is 5.10 Å². The molecule has 3 aromatic rings. The second-order valence-corrected chi connectivity index (χ2v) is 6.10. The average Bonchev–Trinajstić information content (AvgIpc) is 3.23. The SMILES string of the molecule is Cc1nn(C)c2ncc(NC(=O)CNC(=O)c3ccc4c(c3)OCO4)cc12. The number of pyridine rings is 1. The molecule has 9 nitrogen and oxygen atoms in total. The van der Waals surface area contributed by atoms with Gasteiger partial charge in [-0.05, 0) is 31.2 Å². The van der Waals surface area contributed by atoms with Crippen LogP contribution in [0, 0.1) is 6.92 Å². The predicted molar refractivity (Wildman–Crippen MR) is 96.8 cm³/mol. The third kappa shape index (κ3) is 3.26. The zero-order valence-corrected chi connectivity index (χ0v) is 14.8. The summed E-state index contributed by atoms with van der Waals surface area (Å²) in [5.74, 6) is 0.378. The Morgan fingerprint density at radius 3 is 2.89 bits per heavy atom. The van der Waals surface area contributed by atoms with Crippen molar-refractivity contribution in [1.82, 2.24) is 20.1 Å². The molecule has 2 aromatic heterocycles. The number of hydrogen-bond donors (Lipinski definition) is 2. The summed E-state index contributed by atoms with van der Waals surface area (Å²) in [6.45, 7) is 1.84. The monoisotopic (exact) mass is 367 g/mol. The number of carbonyl (C=O) groups excluding carboxylic acids is 2. The van der Waals surface area contributed by atoms with Gasteiger partial charge in [0, 0.05) is 18.0 Å². The smallest absolute Gasteiger partial charge is 0.251 e. The van der Waals surface area contributed by atoms with Crippen LogP contribution in [0.5, 0.6) is 11.5 Å². The molecule has 0 atom stereocenters. The summed E-state index contributed by atoms with van der Waals surface area (Å²) >= 11 is 0. The minimum Gasteiger partial charge on any atom is -0.454 e. The fraction of sp³-hybridized carbons (Fsp3) is 0.222. The second kappa shape index (κ2) is 6.60. The van der Waals surface area contributed by atoms with E-state index in [0.29, 0.717) is 22.7 Å². The van der Waals surface area contributed by atoms with Gasteiger partial charge in [0.1, 0.15) is 0 Å². The molecule has 0 saturated heterocycles. The highest BCUT2D eigenvalue weighted by Gasteiger charge is 2.17. The summed E-state index contributed by atoms with van der Waals surface area (Å²) in [6.07, 6.45) is 1.56. The van der Waals surface area contributed by atoms with Gasteiger partial charge in [0.25, 0.3) is 5.91 Å². The van der Waals surface area contributed by atoms with Crippen LogP contribution in [0.3, 0.4) is 0 Å². The first-order valence-electron chi connectivity index (χ1n) is 8.28. The van der Waals surface area contributed by atoms with E-state index in [9.17, 15) is 9.59 Å². The van der Waals surface area contributed by atoms with Crippen LogP contribution in [-0.2, 0) is 11.8 Å². The van der Waals surface area contributed by atoms with E-state index in [0.717, 1.165) is 16.7 Å². The number of amides is 2. The van der Waals surface area contributed by atoms with E-state index in [1.807, 2.05) is 20.0 Å². The van der Waals surface area contributed by atoms with Crippen LogP contribution in [0.15, 0.2) is 30.5 Å². The van der Waals surface area contributed by atoms with Gasteiger partial charge in [0.05, 0.1) is 24.1 Å². The van der Waals surface area contributed by atoms with Crippen molar-refractivity contribution in [2.75, 3.05) is 18.7 Å². The maximum absolute atomic E-state index is 12.2. The highest BCUT2D eigenvalue weighted by molar-refractivity contribution is 6.00. The molecule has 0 aliphatic carbocycles. The molecular weight excluding hydrogens is 350 g/mol. The number of anilines is 1. The minimum atomic E-state index is -0.375. The molecule has 27 heavy (non-hydrogen) atoms. The molecule has 1 aromatic carbocycles. The minimum absolute atomic E-state index is 0.137. The highest BCUT2D eigenvalue weighted by atomic mass is 16.7. The molecule has 0 unspecified atom stereocenters. The van der Waals surface area contributed by atoms with Gasteiger partial charge < -0.3 is 20.1 Å². The number of fused-ring (bicyclic) bond motifs is 2. The van der Waals surface area contributed by atoms with Gasteiger partial charge in [0.2, 0.25) is 12.7 Å². The molecule has 0 bridgehead atoms. The van der Waals surface area contributed by atoms with E-state index in [4.69, 9.17) is 9.47 Å². The van der Waals surface area contributed by atoms with E-state index in [1.54, 1.807) is 29.1 Å². The molecule has 0 radical (unpaired) electrons. The maximum Gasteiger partial charge on any atom is 0.251 e. The normalized spacial score (nSPS) is 12.2. The Morgan fingerprint density at radius 1 is 1.22 bits per heavy atom. The van der Waals surface area contributed by atoms with Crippen molar-refractivity contribution in [1.29, 1.82) is 0 Å². The Balaban J connectivity index is 1.38. The third-order valence-electron chi connectivity index (χ3n) is 4.19. The van der Waals surface area contributed by atoms with Gasteiger partial charge >= 0.3 is 0 Å². The summed E-state index contributed by atoms with van der Waals surface area (Å²) in [7, 11) is 1.81. The predicted octanol–water partition coefficient (Wildman–Crippen LogP) is 1.37. The van der Waals surface area contributed by atoms with Crippen molar-refractivity contribution in [3.05, 3.63) is 41.7 Å². The number of benzene rings is 1. The summed E-state index contributed by atoms with van der Waals surface area (Å²) in [5, 5.41) is 10.5. The van der Waals surface area contributed by atoms with Gasteiger partial charge in [-0.3, -0.25) is 14.3 Å². The molecule has 0 fully saturated rings. The largest absolute Gasteiger partial charge is 0.454 e. The summed E-state index contributed by atoms with van der Waals surface area (Å²) in [4.78, 5) is 28.7. The van der Waals surface area contributed by atoms with E-state index >= 15 is 0 Å². The summed E-state index contributed by atoms with van der Waals surface area (Å²) in [5.41, 5.74) is 2.50. The van der Waals surface area contributed by atoms with Gasteiger partial charge in [-0.15, -0.1) is 0 Å². The number of carbonyl (C=O) groups is 2. The first-order valence-corrected chi connectivity index (χ1v) is 8.28. The Labute approximate surface area is 154 Å². The van der Waals surface area contributed by atoms with E-state index in [-0.39, 0.29) is 25.2 Å². The lowest BCUT2D eigenvalue weighted by atomic mass is 10.2. The standard InChI is InChI=1S/C18H17N5O4/c1-10-13-6-12(7-19-17(13)23(2)22-10)21-16(24)8-20-18(25)11-3-4-14-15(5-11)27-9-26-14/h3-7H,8-9H2,1-2H3,(H,20,25)(H,21,24). The van der Waals surface area contributed by atoms with Crippen molar-refractivity contribution in [3.63, 3.8) is 0 Å². The number of nitrogens with one attached hydrogen (secondary N) is 2. The van der Waals surface area contributed by atoms with Crippen molar-refractivity contribution >= 4 is 28.5 Å². The molecule has 4 rings (SSSR count). The molecule has 0 saturated carbocycles. The topological polar surface area (TPSA) is 107 Å². The van der Waals surface area contributed by atoms with Crippen molar-refractivity contribution in [3.8, 4) is 11.5 Å². The average molecular weight is 367 g/mol. The number of aromatic nitrogens is 3. The Kier molecular flexibility index (Phi) is 4.11. The van der Waals surface area contributed by atoms with Crippen LogP contribution >= 0.6 is 0 Å². The molecule has 9 heteroatoms. The molecule has 2 N–H and O–H groups in total. The zero-order valence-electron chi connectivity index (χ0n) is 14.8. The van der Waals surface area contributed by atoms with Crippen LogP contribution < -0.4 is 20.1 Å². The fourth-order valence-electron chi connectivity index (χ4n) is 2.88. The first-order chi connectivity index (χ1) is 13.0. The van der Waals surface area contributed by atoms with E-state index < -0.39 is 0 Å². The second-order valence-electron chi connectivity index (χ2n) is 6.10. The lowest BCUT2D eigenvalue weighted by molar-refractivity contribution is -0.115. The van der Waals surface area contributed by atoms with Crippen molar-refractivity contribution in [2.45, 2.75) is 6.92 Å². The molecule has 138 valence electrons. The van der Waals surface area contributed by atoms with Crippen molar-refractivity contribution in [2.24, 2.45) is 7.05 Å². The fourth-order valence-corrected chi connectivity index (χ4v) is 2.88. The first kappa shape index (κ1) is 16.8. The number of ether oxygens (including phenoxy) is 2. The summed E-state index contributed by atoms with van der Waals surface area (Å²) in [6, 6.07) is 6.67. The van der Waals surface area contributed by atoms with E-state index in [1.165, 1.54) is 0 Å². The third-order valence-corrected chi connectivity index (χ3v) is 4.19. The Bertz CT molecular complexity index is 1060.